The number of hydrogen-bond donors (Lipinski definition) is 1. The second-order valence-electron chi connectivity index (χ2n) is 9.98. The van der Waals surface area contributed by atoms with Crippen molar-refractivity contribution in [3.05, 3.63) is 89.2 Å². The molecule has 1 unspecified atom stereocenters. The van der Waals surface area contributed by atoms with Crippen molar-refractivity contribution >= 4 is 39.1 Å². The van der Waals surface area contributed by atoms with E-state index in [1.807, 2.05) is 0 Å². The molecule has 0 aromatic heterocycles. The Bertz CT molecular complexity index is 1440. The van der Waals surface area contributed by atoms with Crippen molar-refractivity contribution in [3.63, 3.8) is 0 Å². The average molecular weight is 602 g/mol. The van der Waals surface area contributed by atoms with Gasteiger partial charge in [0.15, 0.2) is 0 Å². The van der Waals surface area contributed by atoms with Crippen LogP contribution in [0.5, 0.6) is 5.75 Å². The van der Waals surface area contributed by atoms with Gasteiger partial charge in [0, 0.05) is 17.6 Å². The highest BCUT2D eigenvalue weighted by atomic mass is 35.5. The number of amides is 2. The minimum Gasteiger partial charge on any atom is -0.497 e. The molecule has 1 fully saturated rings. The third-order valence-corrected chi connectivity index (χ3v) is 9.22. The normalized spacial score (nSPS) is 14.3. The molecule has 0 heterocycles. The molecule has 1 atom stereocenters. The molecule has 218 valence electrons. The van der Waals surface area contributed by atoms with Crippen LogP contribution >= 0.6 is 11.6 Å². The van der Waals surface area contributed by atoms with E-state index in [2.05, 4.69) is 5.32 Å². The van der Waals surface area contributed by atoms with Crippen molar-refractivity contribution in [3.8, 4) is 5.75 Å². The average Bonchev–Trinajstić information content (AvgIpc) is 3.48. The summed E-state index contributed by atoms with van der Waals surface area (Å²) >= 11 is 6.06. The zero-order valence-corrected chi connectivity index (χ0v) is 24.5. The number of anilines is 1. The summed E-state index contributed by atoms with van der Waals surface area (Å²) in [4.78, 5) is 28.5. The van der Waals surface area contributed by atoms with Gasteiger partial charge < -0.3 is 15.0 Å². The number of hydrogen-bond acceptors (Lipinski definition) is 5. The van der Waals surface area contributed by atoms with Gasteiger partial charge in [-0.15, -0.1) is 0 Å². The van der Waals surface area contributed by atoms with E-state index in [9.17, 15) is 22.4 Å². The Morgan fingerprint density at radius 1 is 1.00 bits per heavy atom. The number of methoxy groups -OCH3 is 1. The molecule has 1 saturated carbocycles. The SMILES string of the molecule is COc1ccc(S(=O)(=O)N(CC(=O)N(Cc2ccc(F)cc2)C(C)C(=O)NC2CCCC2)c2ccc(Cl)cc2)cc1. The number of sulfonamides is 1. The molecule has 3 aromatic carbocycles. The highest BCUT2D eigenvalue weighted by molar-refractivity contribution is 7.92. The molecule has 11 heteroatoms. The summed E-state index contributed by atoms with van der Waals surface area (Å²) in [5, 5.41) is 3.42. The molecule has 41 heavy (non-hydrogen) atoms. The summed E-state index contributed by atoms with van der Waals surface area (Å²) in [6, 6.07) is 16.7. The minimum absolute atomic E-state index is 0.0184. The minimum atomic E-state index is -4.23. The molecule has 0 saturated heterocycles. The lowest BCUT2D eigenvalue weighted by Crippen LogP contribution is -2.52. The summed E-state index contributed by atoms with van der Waals surface area (Å²) in [5.41, 5.74) is 0.819. The van der Waals surface area contributed by atoms with Crippen LogP contribution in [0.3, 0.4) is 0 Å². The van der Waals surface area contributed by atoms with Crippen LogP contribution in [0.4, 0.5) is 10.1 Å². The number of nitrogens with zero attached hydrogens (tertiary/aromatic N) is 2. The van der Waals surface area contributed by atoms with E-state index in [-0.39, 0.29) is 29.1 Å². The number of halogens is 2. The summed E-state index contributed by atoms with van der Waals surface area (Å²) in [6.07, 6.45) is 3.79. The predicted molar refractivity (Wildman–Crippen MR) is 156 cm³/mol. The Hall–Kier alpha value is -3.63. The van der Waals surface area contributed by atoms with Crippen LogP contribution in [0.2, 0.25) is 5.02 Å². The fourth-order valence-corrected chi connectivity index (χ4v) is 6.31. The topological polar surface area (TPSA) is 96.0 Å². The van der Waals surface area contributed by atoms with Gasteiger partial charge in [-0.1, -0.05) is 36.6 Å². The zero-order chi connectivity index (χ0) is 29.6. The maximum atomic E-state index is 13.9. The standard InChI is InChI=1S/C30H33ClFN3O5S/c1-21(30(37)33-25-5-3-4-6-25)34(19-22-7-11-24(32)12-8-22)29(36)20-35(26-13-9-23(31)10-14-26)41(38,39)28-17-15-27(40-2)16-18-28/h7-18,21,25H,3-6,19-20H2,1-2H3,(H,33,37). The Morgan fingerprint density at radius 3 is 2.20 bits per heavy atom. The molecule has 8 nitrogen and oxygen atoms in total. The maximum Gasteiger partial charge on any atom is 0.264 e. The van der Waals surface area contributed by atoms with Crippen LogP contribution in [0.25, 0.3) is 0 Å². The quantitative estimate of drug-likeness (QED) is 0.328. The van der Waals surface area contributed by atoms with Gasteiger partial charge in [0.25, 0.3) is 10.0 Å². The molecule has 1 aliphatic carbocycles. The van der Waals surface area contributed by atoms with Gasteiger partial charge >= 0.3 is 0 Å². The van der Waals surface area contributed by atoms with Crippen molar-refractivity contribution < 1.29 is 27.1 Å². The molecule has 4 rings (SSSR count). The molecule has 0 aliphatic heterocycles. The molecule has 0 spiro atoms. The highest BCUT2D eigenvalue weighted by Crippen LogP contribution is 2.27. The maximum absolute atomic E-state index is 13.9. The van der Waals surface area contributed by atoms with E-state index >= 15 is 0 Å². The van der Waals surface area contributed by atoms with Crippen LogP contribution in [-0.4, -0.2) is 50.9 Å². The number of carbonyl (C=O) groups is 2. The van der Waals surface area contributed by atoms with Crippen LogP contribution in [0.1, 0.15) is 38.2 Å². The molecular weight excluding hydrogens is 569 g/mol. The lowest BCUT2D eigenvalue weighted by Gasteiger charge is -2.32. The first-order valence-corrected chi connectivity index (χ1v) is 15.2. The Balaban J connectivity index is 1.67. The third-order valence-electron chi connectivity index (χ3n) is 7.18. The van der Waals surface area contributed by atoms with Crippen molar-refractivity contribution in [2.24, 2.45) is 0 Å². The fourth-order valence-electron chi connectivity index (χ4n) is 4.77. The van der Waals surface area contributed by atoms with Crippen molar-refractivity contribution in [2.45, 2.75) is 56.1 Å². The van der Waals surface area contributed by atoms with Gasteiger partial charge in [0.2, 0.25) is 11.8 Å². The molecule has 1 aliphatic rings. The van der Waals surface area contributed by atoms with Crippen molar-refractivity contribution in [2.75, 3.05) is 18.0 Å². The van der Waals surface area contributed by atoms with E-state index in [0.29, 0.717) is 16.3 Å². The van der Waals surface area contributed by atoms with E-state index in [1.165, 1.54) is 84.8 Å². The molecule has 3 aromatic rings. The Labute approximate surface area is 245 Å². The van der Waals surface area contributed by atoms with Crippen molar-refractivity contribution in [1.29, 1.82) is 0 Å². The first kappa shape index (κ1) is 30.3. The molecule has 1 N–H and O–H groups in total. The summed E-state index contributed by atoms with van der Waals surface area (Å²) in [5.74, 6) is -0.886. The number of carbonyl (C=O) groups excluding carboxylic acids is 2. The van der Waals surface area contributed by atoms with Crippen molar-refractivity contribution in [1.82, 2.24) is 10.2 Å². The Kier molecular flexibility index (Phi) is 9.88. The second kappa shape index (κ2) is 13.4. The third kappa shape index (κ3) is 7.56. The first-order chi connectivity index (χ1) is 19.6. The van der Waals surface area contributed by atoms with E-state index in [1.54, 1.807) is 6.92 Å². The van der Waals surface area contributed by atoms with Gasteiger partial charge in [-0.05, 0) is 86.0 Å². The van der Waals surface area contributed by atoms with Gasteiger partial charge in [0.05, 0.1) is 17.7 Å². The van der Waals surface area contributed by atoms with E-state index in [4.69, 9.17) is 16.3 Å². The monoisotopic (exact) mass is 601 g/mol. The zero-order valence-electron chi connectivity index (χ0n) is 22.9. The first-order valence-electron chi connectivity index (χ1n) is 13.3. The number of benzene rings is 3. The van der Waals surface area contributed by atoms with E-state index < -0.39 is 34.3 Å². The second-order valence-corrected chi connectivity index (χ2v) is 12.3. The van der Waals surface area contributed by atoms with Gasteiger partial charge in [-0.25, -0.2) is 12.8 Å². The van der Waals surface area contributed by atoms with Crippen LogP contribution in [0, 0.1) is 5.82 Å². The molecule has 2 amide bonds. The highest BCUT2D eigenvalue weighted by Gasteiger charge is 2.33. The number of nitrogens with one attached hydrogen (secondary N) is 1. The smallest absolute Gasteiger partial charge is 0.264 e. The summed E-state index contributed by atoms with van der Waals surface area (Å²) < 4.78 is 47.5. The number of rotatable bonds is 11. The van der Waals surface area contributed by atoms with Gasteiger partial charge in [0.1, 0.15) is 24.2 Å². The lowest BCUT2D eigenvalue weighted by atomic mass is 10.1. The van der Waals surface area contributed by atoms with Crippen LogP contribution in [0.15, 0.2) is 77.7 Å². The molecular formula is C30H33ClFN3O5S. The lowest BCUT2D eigenvalue weighted by molar-refractivity contribution is -0.139. The van der Waals surface area contributed by atoms with E-state index in [0.717, 1.165) is 30.0 Å². The van der Waals surface area contributed by atoms with Crippen LogP contribution in [-0.2, 0) is 26.2 Å². The largest absolute Gasteiger partial charge is 0.497 e. The van der Waals surface area contributed by atoms with Gasteiger partial charge in [-0.3, -0.25) is 13.9 Å². The molecule has 0 bridgehead atoms. The number of ether oxygens (including phenoxy) is 1. The Morgan fingerprint density at radius 2 is 1.61 bits per heavy atom. The molecule has 0 radical (unpaired) electrons. The van der Waals surface area contributed by atoms with Crippen LogP contribution < -0.4 is 14.4 Å². The summed E-state index contributed by atoms with van der Waals surface area (Å²) in [6.45, 7) is 1.00. The fraction of sp³-hybridized carbons (Fsp3) is 0.333. The van der Waals surface area contributed by atoms with Gasteiger partial charge in [-0.2, -0.15) is 0 Å². The predicted octanol–water partition coefficient (Wildman–Crippen LogP) is 5.16. The summed E-state index contributed by atoms with van der Waals surface area (Å²) in [7, 11) is -2.75.